The van der Waals surface area contributed by atoms with Crippen molar-refractivity contribution in [1.82, 2.24) is 10.2 Å². The van der Waals surface area contributed by atoms with Crippen LogP contribution in [0.4, 0.5) is 10.1 Å². The highest BCUT2D eigenvalue weighted by atomic mass is 19.1. The third-order valence-corrected chi connectivity index (χ3v) is 5.07. The van der Waals surface area contributed by atoms with Gasteiger partial charge in [0.15, 0.2) is 0 Å². The number of fused-ring (bicyclic) bond motifs is 1. The molecule has 1 aliphatic rings. The summed E-state index contributed by atoms with van der Waals surface area (Å²) in [6, 6.07) is 11.1. The lowest BCUT2D eigenvalue weighted by Gasteiger charge is -2.20. The monoisotopic (exact) mass is 369 g/mol. The van der Waals surface area contributed by atoms with E-state index in [1.54, 1.807) is 6.07 Å². The first-order valence-electron chi connectivity index (χ1n) is 9.76. The van der Waals surface area contributed by atoms with Crippen LogP contribution in [0.2, 0.25) is 0 Å². The molecule has 1 aliphatic heterocycles. The van der Waals surface area contributed by atoms with Gasteiger partial charge >= 0.3 is 0 Å². The third kappa shape index (κ3) is 4.73. The molecule has 1 heterocycles. The van der Waals surface area contributed by atoms with Crippen LogP contribution < -0.4 is 10.6 Å². The van der Waals surface area contributed by atoms with Gasteiger partial charge in [0.25, 0.3) is 5.91 Å². The summed E-state index contributed by atoms with van der Waals surface area (Å²) in [6.45, 7) is 8.70. The van der Waals surface area contributed by atoms with E-state index in [0.29, 0.717) is 24.1 Å². The average Bonchev–Trinajstić information content (AvgIpc) is 2.70. The van der Waals surface area contributed by atoms with Gasteiger partial charge in [-0.25, -0.2) is 4.39 Å². The molecular weight excluding hydrogens is 341 g/mol. The molecule has 2 aromatic carbocycles. The number of hydrogen-bond acceptors (Lipinski definition) is 3. The largest absolute Gasteiger partial charge is 0.319 e. The van der Waals surface area contributed by atoms with E-state index in [1.165, 1.54) is 5.56 Å². The first-order valence-corrected chi connectivity index (χ1v) is 9.76. The van der Waals surface area contributed by atoms with Gasteiger partial charge in [0.2, 0.25) is 0 Å². The number of benzene rings is 2. The highest BCUT2D eigenvalue weighted by molar-refractivity contribution is 6.04. The predicted molar refractivity (Wildman–Crippen MR) is 107 cm³/mol. The molecule has 3 rings (SSSR count). The van der Waals surface area contributed by atoms with Gasteiger partial charge in [0.05, 0.1) is 5.69 Å². The van der Waals surface area contributed by atoms with E-state index in [2.05, 4.69) is 29.4 Å². The zero-order valence-corrected chi connectivity index (χ0v) is 16.1. The number of nitrogens with zero attached hydrogens (tertiary/aromatic N) is 1. The van der Waals surface area contributed by atoms with E-state index in [1.807, 2.05) is 30.3 Å². The standard InChI is InChI=1S/C22H28FN3O/c1-3-13-26(4-2)15-16-5-7-17(8-6-16)22(27)25-20-10-9-18-14-24-12-11-19(18)21(20)23/h5-10,24H,3-4,11-15H2,1-2H3,(H,25,27). The van der Waals surface area contributed by atoms with E-state index in [9.17, 15) is 9.18 Å². The lowest BCUT2D eigenvalue weighted by Crippen LogP contribution is -2.25. The summed E-state index contributed by atoms with van der Waals surface area (Å²) in [6.07, 6.45) is 1.77. The number of carbonyl (C=O) groups excluding carboxylic acids is 1. The Balaban J connectivity index is 1.68. The van der Waals surface area contributed by atoms with Crippen molar-refractivity contribution in [2.45, 2.75) is 39.8 Å². The molecule has 4 nitrogen and oxygen atoms in total. The molecular formula is C22H28FN3O. The smallest absolute Gasteiger partial charge is 0.255 e. The van der Waals surface area contributed by atoms with Crippen LogP contribution in [0.15, 0.2) is 36.4 Å². The molecule has 27 heavy (non-hydrogen) atoms. The van der Waals surface area contributed by atoms with Gasteiger partial charge in [-0.15, -0.1) is 0 Å². The number of nitrogens with one attached hydrogen (secondary N) is 2. The molecule has 0 atom stereocenters. The maximum atomic E-state index is 14.7. The summed E-state index contributed by atoms with van der Waals surface area (Å²) in [5.41, 5.74) is 3.64. The number of halogens is 1. The fourth-order valence-electron chi connectivity index (χ4n) is 3.51. The Morgan fingerprint density at radius 2 is 1.96 bits per heavy atom. The summed E-state index contributed by atoms with van der Waals surface area (Å²) < 4.78 is 14.7. The minimum atomic E-state index is -0.308. The van der Waals surface area contributed by atoms with Gasteiger partial charge in [0.1, 0.15) is 5.82 Å². The molecule has 0 saturated carbocycles. The zero-order valence-electron chi connectivity index (χ0n) is 16.1. The second-order valence-corrected chi connectivity index (χ2v) is 7.01. The van der Waals surface area contributed by atoms with Crippen molar-refractivity contribution < 1.29 is 9.18 Å². The molecule has 2 N–H and O–H groups in total. The molecule has 2 aromatic rings. The molecule has 0 radical (unpaired) electrons. The highest BCUT2D eigenvalue weighted by Crippen LogP contribution is 2.25. The molecule has 1 amide bonds. The number of hydrogen-bond donors (Lipinski definition) is 2. The van der Waals surface area contributed by atoms with Crippen molar-refractivity contribution in [2.24, 2.45) is 0 Å². The Kier molecular flexibility index (Phi) is 6.58. The molecule has 144 valence electrons. The lowest BCUT2D eigenvalue weighted by molar-refractivity contribution is 0.102. The molecule has 5 heteroatoms. The van der Waals surface area contributed by atoms with Gasteiger partial charge in [-0.2, -0.15) is 0 Å². The average molecular weight is 369 g/mol. The SMILES string of the molecule is CCCN(CC)Cc1ccc(C(=O)Nc2ccc3c(c2F)CCNC3)cc1. The first-order chi connectivity index (χ1) is 13.1. The van der Waals surface area contributed by atoms with Crippen molar-refractivity contribution in [3.63, 3.8) is 0 Å². The molecule has 0 spiro atoms. The summed E-state index contributed by atoms with van der Waals surface area (Å²) in [4.78, 5) is 14.9. The Morgan fingerprint density at radius 1 is 1.19 bits per heavy atom. The molecule has 0 fully saturated rings. The van der Waals surface area contributed by atoms with Crippen LogP contribution in [0, 0.1) is 5.82 Å². The van der Waals surface area contributed by atoms with E-state index >= 15 is 0 Å². The molecule has 0 aliphatic carbocycles. The summed E-state index contributed by atoms with van der Waals surface area (Å²) in [7, 11) is 0. The van der Waals surface area contributed by atoms with Gasteiger partial charge in [-0.3, -0.25) is 9.69 Å². The normalized spacial score (nSPS) is 13.5. The second-order valence-electron chi connectivity index (χ2n) is 7.01. The van der Waals surface area contributed by atoms with E-state index in [0.717, 1.165) is 38.2 Å². The van der Waals surface area contributed by atoms with Crippen LogP contribution in [0.5, 0.6) is 0 Å². The van der Waals surface area contributed by atoms with Crippen LogP contribution >= 0.6 is 0 Å². The third-order valence-electron chi connectivity index (χ3n) is 5.07. The predicted octanol–water partition coefficient (Wildman–Crippen LogP) is 3.96. The minimum absolute atomic E-state index is 0.254. The molecule has 0 bridgehead atoms. The fraction of sp³-hybridized carbons (Fsp3) is 0.409. The summed E-state index contributed by atoms with van der Waals surface area (Å²) in [5.74, 6) is -0.590. The molecule has 0 aromatic heterocycles. The van der Waals surface area contributed by atoms with Crippen LogP contribution in [0.3, 0.4) is 0 Å². The first kappa shape index (κ1) is 19.5. The van der Waals surface area contributed by atoms with Crippen molar-refractivity contribution in [3.8, 4) is 0 Å². The topological polar surface area (TPSA) is 44.4 Å². The van der Waals surface area contributed by atoms with Crippen molar-refractivity contribution >= 4 is 11.6 Å². The van der Waals surface area contributed by atoms with Crippen molar-refractivity contribution in [2.75, 3.05) is 25.0 Å². The summed E-state index contributed by atoms with van der Waals surface area (Å²) >= 11 is 0. The van der Waals surface area contributed by atoms with Crippen LogP contribution in [0.1, 0.15) is 47.3 Å². The minimum Gasteiger partial charge on any atom is -0.319 e. The summed E-state index contributed by atoms with van der Waals surface area (Å²) in [5, 5.41) is 5.95. The zero-order chi connectivity index (χ0) is 19.2. The number of carbonyl (C=O) groups is 1. The van der Waals surface area contributed by atoms with E-state index in [-0.39, 0.29) is 17.4 Å². The van der Waals surface area contributed by atoms with Gasteiger partial charge in [-0.1, -0.05) is 32.0 Å². The quantitative estimate of drug-likeness (QED) is 0.777. The maximum absolute atomic E-state index is 14.7. The van der Waals surface area contributed by atoms with E-state index in [4.69, 9.17) is 0 Å². The number of anilines is 1. The van der Waals surface area contributed by atoms with Gasteiger partial charge in [-0.05, 0) is 67.4 Å². The van der Waals surface area contributed by atoms with Crippen molar-refractivity contribution in [3.05, 3.63) is 64.5 Å². The lowest BCUT2D eigenvalue weighted by atomic mass is 9.99. The molecule has 0 saturated heterocycles. The Bertz CT molecular complexity index is 789. The highest BCUT2D eigenvalue weighted by Gasteiger charge is 2.18. The fourth-order valence-corrected chi connectivity index (χ4v) is 3.51. The Morgan fingerprint density at radius 3 is 2.67 bits per heavy atom. The van der Waals surface area contributed by atoms with Crippen LogP contribution in [0.25, 0.3) is 0 Å². The number of rotatable bonds is 7. The second kappa shape index (κ2) is 9.11. The Hall–Kier alpha value is -2.24. The van der Waals surface area contributed by atoms with Gasteiger partial charge < -0.3 is 10.6 Å². The Labute approximate surface area is 160 Å². The van der Waals surface area contributed by atoms with Crippen molar-refractivity contribution in [1.29, 1.82) is 0 Å². The number of amides is 1. The van der Waals surface area contributed by atoms with Crippen LogP contribution in [-0.4, -0.2) is 30.4 Å². The van der Waals surface area contributed by atoms with E-state index < -0.39 is 0 Å². The molecule has 0 unspecified atom stereocenters. The van der Waals surface area contributed by atoms with Crippen LogP contribution in [-0.2, 0) is 19.5 Å². The maximum Gasteiger partial charge on any atom is 0.255 e. The van der Waals surface area contributed by atoms with Gasteiger partial charge in [0, 0.05) is 18.7 Å².